The number of H-pyrrole nitrogens is 1. The third kappa shape index (κ3) is 0.909. The minimum Gasteiger partial charge on any atom is -0.278 e. The molecule has 1 N–H and O–H groups in total. The lowest BCUT2D eigenvalue weighted by atomic mass is 10.1. The molecule has 0 radical (unpaired) electrons. The number of nitrogens with zero attached hydrogens (tertiary/aromatic N) is 1. The highest BCUT2D eigenvalue weighted by Crippen LogP contribution is 2.15. The van der Waals surface area contributed by atoms with Gasteiger partial charge in [-0.15, -0.1) is 0 Å². The minimum absolute atomic E-state index is 0. The largest absolute Gasteiger partial charge is 0.278 e. The number of rotatable bonds is 1. The van der Waals surface area contributed by atoms with Crippen LogP contribution in [0.3, 0.4) is 0 Å². The van der Waals surface area contributed by atoms with Gasteiger partial charge in [0.05, 0.1) is 11.7 Å². The quantitative estimate of drug-likeness (QED) is 0.660. The molecule has 0 saturated heterocycles. The number of benzene rings is 1. The highest BCUT2D eigenvalue weighted by molar-refractivity contribution is 5.81. The van der Waals surface area contributed by atoms with Crippen molar-refractivity contribution < 1.29 is 1.43 Å². The van der Waals surface area contributed by atoms with Crippen LogP contribution < -0.4 is 0 Å². The van der Waals surface area contributed by atoms with Gasteiger partial charge in [-0.2, -0.15) is 5.10 Å². The van der Waals surface area contributed by atoms with Crippen LogP contribution in [-0.4, -0.2) is 10.2 Å². The number of aryl methyl sites for hydroxylation is 1. The predicted molar refractivity (Wildman–Crippen MR) is 47.6 cm³/mol. The van der Waals surface area contributed by atoms with E-state index in [0.29, 0.717) is 0 Å². The van der Waals surface area contributed by atoms with Crippen molar-refractivity contribution in [2.75, 3.05) is 0 Å². The zero-order valence-corrected chi connectivity index (χ0v) is 6.46. The first-order chi connectivity index (χ1) is 5.42. The lowest BCUT2D eigenvalue weighted by Gasteiger charge is -1.95. The van der Waals surface area contributed by atoms with E-state index in [0.717, 1.165) is 11.9 Å². The van der Waals surface area contributed by atoms with Crippen LogP contribution in [0.5, 0.6) is 0 Å². The average molecular weight is 148 g/mol. The monoisotopic (exact) mass is 148 g/mol. The van der Waals surface area contributed by atoms with Crippen LogP contribution >= 0.6 is 0 Å². The maximum absolute atomic E-state index is 3.98. The topological polar surface area (TPSA) is 28.7 Å². The second-order valence-electron chi connectivity index (χ2n) is 2.60. The van der Waals surface area contributed by atoms with Gasteiger partial charge >= 0.3 is 0 Å². The molecule has 1 aromatic heterocycles. The van der Waals surface area contributed by atoms with Crippen molar-refractivity contribution in [3.05, 3.63) is 30.0 Å². The summed E-state index contributed by atoms with van der Waals surface area (Å²) in [4.78, 5) is 0. The maximum Gasteiger partial charge on any atom is 0.0653 e. The first-order valence-corrected chi connectivity index (χ1v) is 3.83. The molecule has 0 spiro atoms. The van der Waals surface area contributed by atoms with E-state index in [4.69, 9.17) is 0 Å². The molecule has 2 aromatic rings. The van der Waals surface area contributed by atoms with Crippen LogP contribution in [0.25, 0.3) is 10.9 Å². The van der Waals surface area contributed by atoms with Gasteiger partial charge < -0.3 is 0 Å². The number of hydrogen-bond acceptors (Lipinski definition) is 1. The van der Waals surface area contributed by atoms with Gasteiger partial charge in [-0.3, -0.25) is 5.10 Å². The summed E-state index contributed by atoms with van der Waals surface area (Å²) < 4.78 is 0. The second-order valence-corrected chi connectivity index (χ2v) is 2.60. The molecule has 0 aliphatic rings. The fraction of sp³-hybridized carbons (Fsp3) is 0.222. The van der Waals surface area contributed by atoms with E-state index in [1.165, 1.54) is 10.9 Å². The van der Waals surface area contributed by atoms with E-state index in [1.807, 2.05) is 12.3 Å². The average Bonchev–Trinajstić information content (AvgIpc) is 2.50. The van der Waals surface area contributed by atoms with Gasteiger partial charge in [-0.1, -0.05) is 19.1 Å². The van der Waals surface area contributed by atoms with Crippen LogP contribution in [0.4, 0.5) is 0 Å². The molecule has 0 bridgehead atoms. The maximum atomic E-state index is 3.98. The summed E-state index contributed by atoms with van der Waals surface area (Å²) >= 11 is 0. The molecule has 0 aliphatic carbocycles. The summed E-state index contributed by atoms with van der Waals surface area (Å²) in [5.74, 6) is 0. The molecule has 0 amide bonds. The molecule has 0 unspecified atom stereocenters. The Morgan fingerprint density at radius 2 is 2.45 bits per heavy atom. The van der Waals surface area contributed by atoms with Crippen LogP contribution in [0.1, 0.15) is 13.9 Å². The van der Waals surface area contributed by atoms with Crippen molar-refractivity contribution in [2.45, 2.75) is 13.3 Å². The van der Waals surface area contributed by atoms with Crippen molar-refractivity contribution in [1.29, 1.82) is 0 Å². The number of hydrogen-bond donors (Lipinski definition) is 1. The van der Waals surface area contributed by atoms with E-state index < -0.39 is 0 Å². The van der Waals surface area contributed by atoms with Crippen molar-refractivity contribution in [3.8, 4) is 0 Å². The Morgan fingerprint density at radius 3 is 3.27 bits per heavy atom. The van der Waals surface area contributed by atoms with E-state index in [1.54, 1.807) is 0 Å². The van der Waals surface area contributed by atoms with Crippen LogP contribution in [0.2, 0.25) is 0 Å². The van der Waals surface area contributed by atoms with Crippen molar-refractivity contribution in [2.24, 2.45) is 0 Å². The molecule has 0 saturated carbocycles. The standard InChI is InChI=1S/C9H10N2.H2/c1-2-7-4-3-5-9-8(7)6-10-11-9;/h3-6H,2H2,1H3,(H,10,11);1H. The molecule has 58 valence electrons. The van der Waals surface area contributed by atoms with Gasteiger partial charge in [0.25, 0.3) is 0 Å². The minimum atomic E-state index is 0. The third-order valence-corrected chi connectivity index (χ3v) is 1.96. The van der Waals surface area contributed by atoms with Gasteiger partial charge in [0.15, 0.2) is 0 Å². The molecular weight excluding hydrogens is 136 g/mol. The molecule has 11 heavy (non-hydrogen) atoms. The predicted octanol–water partition coefficient (Wildman–Crippen LogP) is 2.37. The molecular formula is C9H12N2. The number of fused-ring (bicyclic) bond motifs is 1. The molecule has 0 aliphatic heterocycles. The van der Waals surface area contributed by atoms with E-state index >= 15 is 0 Å². The van der Waals surface area contributed by atoms with Gasteiger partial charge in [0, 0.05) is 6.81 Å². The molecule has 0 atom stereocenters. The van der Waals surface area contributed by atoms with E-state index in [2.05, 4.69) is 29.3 Å². The van der Waals surface area contributed by atoms with Gasteiger partial charge in [0.1, 0.15) is 0 Å². The van der Waals surface area contributed by atoms with E-state index in [9.17, 15) is 0 Å². The molecule has 0 fully saturated rings. The number of aromatic amines is 1. The summed E-state index contributed by atoms with van der Waals surface area (Å²) in [6.45, 7) is 2.15. The summed E-state index contributed by atoms with van der Waals surface area (Å²) in [7, 11) is 0. The highest BCUT2D eigenvalue weighted by atomic mass is 15.1. The van der Waals surface area contributed by atoms with E-state index in [-0.39, 0.29) is 1.43 Å². The molecule has 2 nitrogen and oxygen atoms in total. The highest BCUT2D eigenvalue weighted by Gasteiger charge is 1.98. The lowest BCUT2D eigenvalue weighted by molar-refractivity contribution is 1.12. The van der Waals surface area contributed by atoms with Crippen LogP contribution in [0, 0.1) is 0 Å². The Bertz CT molecular complexity index is 367. The zero-order valence-electron chi connectivity index (χ0n) is 6.46. The van der Waals surface area contributed by atoms with Crippen LogP contribution in [-0.2, 0) is 6.42 Å². The second kappa shape index (κ2) is 2.38. The van der Waals surface area contributed by atoms with Gasteiger partial charge in [0.2, 0.25) is 0 Å². The van der Waals surface area contributed by atoms with Gasteiger partial charge in [-0.25, -0.2) is 0 Å². The third-order valence-electron chi connectivity index (χ3n) is 1.96. The lowest BCUT2D eigenvalue weighted by Crippen LogP contribution is -1.79. The SMILES string of the molecule is CCc1cccc2[nH]ncc12.[HH]. The molecule has 2 heteroatoms. The summed E-state index contributed by atoms with van der Waals surface area (Å²) in [6.07, 6.45) is 2.95. The fourth-order valence-corrected chi connectivity index (χ4v) is 1.34. The Hall–Kier alpha value is -1.31. The first-order valence-electron chi connectivity index (χ1n) is 3.83. The number of aromatic nitrogens is 2. The normalized spacial score (nSPS) is 10.6. The van der Waals surface area contributed by atoms with Gasteiger partial charge in [-0.05, 0) is 18.1 Å². The Balaban J connectivity index is 0.000000720. The Labute approximate surface area is 66.7 Å². The summed E-state index contributed by atoms with van der Waals surface area (Å²) in [6, 6.07) is 6.23. The van der Waals surface area contributed by atoms with Crippen LogP contribution in [0.15, 0.2) is 24.4 Å². The first kappa shape index (κ1) is 6.40. The Kier molecular flexibility index (Phi) is 1.39. The number of nitrogens with one attached hydrogen (secondary N) is 1. The Morgan fingerprint density at radius 1 is 1.55 bits per heavy atom. The summed E-state index contributed by atoms with van der Waals surface area (Å²) in [5, 5.41) is 8.17. The summed E-state index contributed by atoms with van der Waals surface area (Å²) in [5.41, 5.74) is 2.49. The molecule has 2 rings (SSSR count). The zero-order chi connectivity index (χ0) is 7.68. The van der Waals surface area contributed by atoms with Crippen molar-refractivity contribution in [1.82, 2.24) is 10.2 Å². The molecule has 1 aromatic carbocycles. The van der Waals surface area contributed by atoms with Crippen molar-refractivity contribution >= 4 is 10.9 Å². The molecule has 1 heterocycles. The van der Waals surface area contributed by atoms with Crippen molar-refractivity contribution in [3.63, 3.8) is 0 Å². The smallest absolute Gasteiger partial charge is 0.0653 e. The fourth-order valence-electron chi connectivity index (χ4n) is 1.34.